The van der Waals surface area contributed by atoms with E-state index in [1.807, 2.05) is 6.07 Å². The second-order valence-corrected chi connectivity index (χ2v) is 8.89. The molecule has 0 unspecified atom stereocenters. The molecular formula is C28H28BrClN2. The fourth-order valence-corrected chi connectivity index (χ4v) is 4.81. The highest BCUT2D eigenvalue weighted by atomic mass is 79.9. The van der Waals surface area contributed by atoms with Crippen molar-refractivity contribution < 1.29 is 21.5 Å². The van der Waals surface area contributed by atoms with E-state index >= 15 is 0 Å². The molecule has 0 aliphatic carbocycles. The Kier molecular flexibility index (Phi) is 7.49. The van der Waals surface area contributed by atoms with E-state index in [2.05, 4.69) is 88.5 Å². The van der Waals surface area contributed by atoms with Crippen LogP contribution in [0, 0.1) is 0 Å². The Hall–Kier alpha value is -2.36. The second-order valence-electron chi connectivity index (χ2n) is 8.45. The molecule has 2 nitrogen and oxygen atoms in total. The lowest BCUT2D eigenvalue weighted by Crippen LogP contribution is -3.00. The van der Waals surface area contributed by atoms with Gasteiger partial charge in [0, 0.05) is 35.8 Å². The minimum atomic E-state index is 0. The van der Waals surface area contributed by atoms with Gasteiger partial charge in [-0.2, -0.15) is 4.57 Å². The zero-order valence-corrected chi connectivity index (χ0v) is 20.5. The maximum atomic E-state index is 6.42. The van der Waals surface area contributed by atoms with Gasteiger partial charge in [-0.1, -0.05) is 79.0 Å². The quantitative estimate of drug-likeness (QED) is 0.380. The van der Waals surface area contributed by atoms with E-state index in [1.54, 1.807) is 0 Å². The highest BCUT2D eigenvalue weighted by molar-refractivity contribution is 6.31. The summed E-state index contributed by atoms with van der Waals surface area (Å²) in [6.07, 6.45) is 7.46. The van der Waals surface area contributed by atoms with E-state index in [4.69, 9.17) is 11.6 Å². The number of rotatable bonds is 4. The molecule has 1 saturated heterocycles. The summed E-state index contributed by atoms with van der Waals surface area (Å²) in [5.41, 5.74) is 6.32. The molecule has 32 heavy (non-hydrogen) atoms. The average molecular weight is 508 g/mol. The van der Waals surface area contributed by atoms with Crippen molar-refractivity contribution in [2.75, 3.05) is 18.0 Å². The number of pyridine rings is 1. The van der Waals surface area contributed by atoms with Gasteiger partial charge in [0.2, 0.25) is 5.52 Å². The van der Waals surface area contributed by atoms with Gasteiger partial charge in [-0.3, -0.25) is 0 Å². The standard InChI is InChI=1S/C28H28ClN2.BrH/c29-25-14-15-26-27(30-17-6-1-2-7-18-30)16-19-31(28(26)20-25)21-22-10-12-24(13-11-22)23-8-4-3-5-9-23;/h3-5,8-16,19-20H,1-2,6-7,17-18,21H2;1H/q+1;/p-1. The van der Waals surface area contributed by atoms with Gasteiger partial charge in [-0.25, -0.2) is 0 Å². The van der Waals surface area contributed by atoms with Crippen LogP contribution in [0.4, 0.5) is 5.69 Å². The molecule has 0 spiro atoms. The summed E-state index contributed by atoms with van der Waals surface area (Å²) in [5, 5.41) is 2.07. The molecule has 0 atom stereocenters. The van der Waals surface area contributed by atoms with Crippen molar-refractivity contribution in [1.82, 2.24) is 0 Å². The third kappa shape index (κ3) is 5.00. The van der Waals surface area contributed by atoms with Gasteiger partial charge in [0.25, 0.3) is 0 Å². The Labute approximate surface area is 206 Å². The van der Waals surface area contributed by atoms with Crippen LogP contribution in [0.2, 0.25) is 5.02 Å². The third-order valence-electron chi connectivity index (χ3n) is 6.32. The average Bonchev–Trinajstić information content (AvgIpc) is 3.10. The van der Waals surface area contributed by atoms with Crippen LogP contribution < -0.4 is 26.4 Å². The normalized spacial score (nSPS) is 14.1. The number of hydrogen-bond acceptors (Lipinski definition) is 1. The van der Waals surface area contributed by atoms with Crippen molar-refractivity contribution in [2.24, 2.45) is 0 Å². The van der Waals surface area contributed by atoms with E-state index in [9.17, 15) is 0 Å². The van der Waals surface area contributed by atoms with Gasteiger partial charge < -0.3 is 21.9 Å². The smallest absolute Gasteiger partial charge is 0.216 e. The number of halogens is 2. The topological polar surface area (TPSA) is 7.12 Å². The van der Waals surface area contributed by atoms with Crippen LogP contribution in [0.5, 0.6) is 0 Å². The molecule has 0 N–H and O–H groups in total. The number of aromatic nitrogens is 1. The van der Waals surface area contributed by atoms with E-state index in [1.165, 1.54) is 59.0 Å². The lowest BCUT2D eigenvalue weighted by Gasteiger charge is -2.23. The highest BCUT2D eigenvalue weighted by Crippen LogP contribution is 2.29. The summed E-state index contributed by atoms with van der Waals surface area (Å²) in [6.45, 7) is 3.11. The maximum Gasteiger partial charge on any atom is 0.216 e. The first-order valence-corrected chi connectivity index (χ1v) is 11.7. The third-order valence-corrected chi connectivity index (χ3v) is 6.55. The van der Waals surface area contributed by atoms with Gasteiger partial charge in [0.05, 0.1) is 11.1 Å². The van der Waals surface area contributed by atoms with Crippen LogP contribution in [0.25, 0.3) is 22.0 Å². The predicted molar refractivity (Wildman–Crippen MR) is 131 cm³/mol. The molecule has 4 aromatic rings. The first-order valence-electron chi connectivity index (χ1n) is 11.3. The van der Waals surface area contributed by atoms with Crippen molar-refractivity contribution in [3.8, 4) is 11.1 Å². The van der Waals surface area contributed by atoms with Crippen LogP contribution in [0.3, 0.4) is 0 Å². The van der Waals surface area contributed by atoms with Crippen LogP contribution in [-0.2, 0) is 6.54 Å². The lowest BCUT2D eigenvalue weighted by molar-refractivity contribution is -0.662. The molecule has 0 saturated carbocycles. The van der Waals surface area contributed by atoms with Crippen LogP contribution in [0.15, 0.2) is 85.1 Å². The lowest BCUT2D eigenvalue weighted by atomic mass is 10.0. The summed E-state index contributed by atoms with van der Waals surface area (Å²) in [5.74, 6) is 0. The molecule has 2 heterocycles. The van der Waals surface area contributed by atoms with Gasteiger partial charge in [0.15, 0.2) is 12.7 Å². The number of anilines is 1. The minimum Gasteiger partial charge on any atom is -1.00 e. The SMILES string of the molecule is Clc1ccc2c(N3CCCCCC3)cc[n+](Cc3ccc(-c4ccccc4)cc3)c2c1.[Br-]. The molecule has 0 radical (unpaired) electrons. The maximum absolute atomic E-state index is 6.42. The second kappa shape index (κ2) is 10.5. The largest absolute Gasteiger partial charge is 1.00 e. The molecule has 4 heteroatoms. The molecule has 1 aromatic heterocycles. The molecule has 164 valence electrons. The molecule has 1 aliphatic heterocycles. The Morgan fingerprint density at radius 1 is 0.750 bits per heavy atom. The molecule has 1 fully saturated rings. The highest BCUT2D eigenvalue weighted by Gasteiger charge is 2.19. The first kappa shape index (κ1) is 22.8. The van der Waals surface area contributed by atoms with Crippen molar-refractivity contribution >= 4 is 28.2 Å². The van der Waals surface area contributed by atoms with Gasteiger partial charge >= 0.3 is 0 Å². The van der Waals surface area contributed by atoms with Crippen molar-refractivity contribution in [2.45, 2.75) is 32.2 Å². The van der Waals surface area contributed by atoms with Crippen LogP contribution in [0.1, 0.15) is 31.2 Å². The van der Waals surface area contributed by atoms with Crippen molar-refractivity contribution in [3.63, 3.8) is 0 Å². The Morgan fingerprint density at radius 2 is 1.44 bits per heavy atom. The minimum absolute atomic E-state index is 0. The molecule has 0 bridgehead atoms. The summed E-state index contributed by atoms with van der Waals surface area (Å²) < 4.78 is 2.32. The number of fused-ring (bicyclic) bond motifs is 1. The number of nitrogens with zero attached hydrogens (tertiary/aromatic N) is 2. The first-order chi connectivity index (χ1) is 15.3. The monoisotopic (exact) mass is 506 g/mol. The summed E-state index contributed by atoms with van der Waals surface area (Å²) in [4.78, 5) is 2.56. The van der Waals surface area contributed by atoms with Crippen LogP contribution >= 0.6 is 11.6 Å². The summed E-state index contributed by atoms with van der Waals surface area (Å²) in [6, 6.07) is 28.0. The van der Waals surface area contributed by atoms with E-state index in [0.717, 1.165) is 24.7 Å². The molecule has 3 aromatic carbocycles. The summed E-state index contributed by atoms with van der Waals surface area (Å²) in [7, 11) is 0. The fourth-order valence-electron chi connectivity index (χ4n) is 4.64. The molecule has 0 amide bonds. The van der Waals surface area contributed by atoms with Gasteiger partial charge in [0.1, 0.15) is 0 Å². The molecule has 1 aliphatic rings. The van der Waals surface area contributed by atoms with E-state index < -0.39 is 0 Å². The molecular weight excluding hydrogens is 480 g/mol. The van der Waals surface area contributed by atoms with Crippen molar-refractivity contribution in [3.05, 3.63) is 95.6 Å². The summed E-state index contributed by atoms with van der Waals surface area (Å²) >= 11 is 6.42. The zero-order valence-electron chi connectivity index (χ0n) is 18.2. The Morgan fingerprint density at radius 3 is 2.16 bits per heavy atom. The number of benzene rings is 3. The predicted octanol–water partition coefficient (Wildman–Crippen LogP) is 3.88. The molecule has 5 rings (SSSR count). The number of hydrogen-bond donors (Lipinski definition) is 0. The Balaban J connectivity index is 0.00000245. The van der Waals surface area contributed by atoms with Crippen LogP contribution in [-0.4, -0.2) is 13.1 Å². The fraction of sp³-hybridized carbons (Fsp3) is 0.250. The zero-order chi connectivity index (χ0) is 21.0. The van der Waals surface area contributed by atoms with Gasteiger partial charge in [-0.05, 0) is 36.1 Å². The Bertz CT molecular complexity index is 1170. The van der Waals surface area contributed by atoms with Gasteiger partial charge in [-0.15, -0.1) is 0 Å². The van der Waals surface area contributed by atoms with E-state index in [0.29, 0.717) is 0 Å². The van der Waals surface area contributed by atoms with E-state index in [-0.39, 0.29) is 17.0 Å². The van der Waals surface area contributed by atoms with Crippen molar-refractivity contribution in [1.29, 1.82) is 0 Å².